The molecule has 1 saturated heterocycles. The lowest BCUT2D eigenvalue weighted by Crippen LogP contribution is -2.44. The lowest BCUT2D eigenvalue weighted by atomic mass is 9.92. The number of thioether (sulfide) groups is 1. The van der Waals surface area contributed by atoms with Gasteiger partial charge in [-0.2, -0.15) is 0 Å². The SMILES string of the molecule is CCOC(=O)C1CCCN(C(=O)CC2=CSC3=NC(CC)=C(C(=O)OC)C(c4cccc(OC)c4)N23)C1. The van der Waals surface area contributed by atoms with E-state index in [1.54, 1.807) is 18.9 Å². The van der Waals surface area contributed by atoms with E-state index in [4.69, 9.17) is 19.2 Å². The average molecular weight is 528 g/mol. The monoisotopic (exact) mass is 527 g/mol. The summed E-state index contributed by atoms with van der Waals surface area (Å²) < 4.78 is 15.8. The molecule has 1 fully saturated rings. The number of carbonyl (C=O) groups excluding carboxylic acids is 3. The molecule has 3 aliphatic heterocycles. The number of fused-ring (bicyclic) bond motifs is 1. The van der Waals surface area contributed by atoms with Gasteiger partial charge in [0.05, 0.1) is 50.5 Å². The van der Waals surface area contributed by atoms with E-state index >= 15 is 0 Å². The molecule has 37 heavy (non-hydrogen) atoms. The fourth-order valence-corrected chi connectivity index (χ4v) is 5.90. The van der Waals surface area contributed by atoms with Gasteiger partial charge < -0.3 is 24.0 Å². The standard InChI is InChI=1S/C27H33N3O6S/c1-5-21-23(26(33)35-4)24(17-9-7-11-20(13-17)34-3)30-19(16-37-27(30)28-21)14-22(31)29-12-8-10-18(15-29)25(32)36-6-2/h7,9,11,13,16,18,24H,5-6,8,10,12,14-15H2,1-4H3. The zero-order chi connectivity index (χ0) is 26.5. The summed E-state index contributed by atoms with van der Waals surface area (Å²) in [6.45, 7) is 5.01. The Morgan fingerprint density at radius 1 is 1.19 bits per heavy atom. The maximum absolute atomic E-state index is 13.4. The zero-order valence-electron chi connectivity index (χ0n) is 21.7. The third-order valence-electron chi connectivity index (χ3n) is 6.77. The normalized spacial score (nSPS) is 21.2. The van der Waals surface area contributed by atoms with Gasteiger partial charge in [-0.1, -0.05) is 30.8 Å². The van der Waals surface area contributed by atoms with Crippen molar-refractivity contribution in [1.82, 2.24) is 9.80 Å². The minimum absolute atomic E-state index is 0.0728. The lowest BCUT2D eigenvalue weighted by Gasteiger charge is -2.37. The Morgan fingerprint density at radius 3 is 2.70 bits per heavy atom. The topological polar surface area (TPSA) is 97.7 Å². The van der Waals surface area contributed by atoms with Crippen molar-refractivity contribution in [2.45, 2.75) is 45.6 Å². The van der Waals surface area contributed by atoms with Gasteiger partial charge in [0.2, 0.25) is 5.91 Å². The van der Waals surface area contributed by atoms with E-state index in [0.717, 1.165) is 24.1 Å². The quantitative estimate of drug-likeness (QED) is 0.468. The van der Waals surface area contributed by atoms with Crippen LogP contribution in [0.4, 0.5) is 0 Å². The van der Waals surface area contributed by atoms with E-state index in [9.17, 15) is 14.4 Å². The number of methoxy groups -OCH3 is 2. The molecule has 1 aromatic rings. The van der Waals surface area contributed by atoms with Gasteiger partial charge in [-0.25, -0.2) is 9.79 Å². The summed E-state index contributed by atoms with van der Waals surface area (Å²) in [5.41, 5.74) is 2.69. The van der Waals surface area contributed by atoms with Gasteiger partial charge in [-0.15, -0.1) is 0 Å². The fraction of sp³-hybridized carbons (Fsp3) is 0.481. The van der Waals surface area contributed by atoms with Gasteiger partial charge in [0, 0.05) is 18.8 Å². The second kappa shape index (κ2) is 11.9. The van der Waals surface area contributed by atoms with Crippen molar-refractivity contribution >= 4 is 34.8 Å². The Labute approximate surface area is 221 Å². The molecule has 0 aromatic heterocycles. The molecular formula is C27H33N3O6S. The Hall–Kier alpha value is -3.27. The number of aliphatic imine (C=N–C) groups is 1. The zero-order valence-corrected chi connectivity index (χ0v) is 22.5. The smallest absolute Gasteiger partial charge is 0.338 e. The number of piperidine rings is 1. The summed E-state index contributed by atoms with van der Waals surface area (Å²) >= 11 is 1.44. The van der Waals surface area contributed by atoms with E-state index < -0.39 is 12.0 Å². The predicted molar refractivity (Wildman–Crippen MR) is 141 cm³/mol. The van der Waals surface area contributed by atoms with E-state index in [1.807, 2.05) is 41.5 Å². The minimum Gasteiger partial charge on any atom is -0.497 e. The average Bonchev–Trinajstić information content (AvgIpc) is 3.33. The number of rotatable bonds is 8. The molecule has 0 aliphatic carbocycles. The Balaban J connectivity index is 1.64. The van der Waals surface area contributed by atoms with Crippen LogP contribution in [0, 0.1) is 5.92 Å². The molecule has 0 spiro atoms. The number of hydrogen-bond donors (Lipinski definition) is 0. The molecule has 9 nitrogen and oxygen atoms in total. The summed E-state index contributed by atoms with van der Waals surface area (Å²) in [7, 11) is 2.96. The molecule has 10 heteroatoms. The van der Waals surface area contributed by atoms with Crippen molar-refractivity contribution in [3.63, 3.8) is 0 Å². The first-order chi connectivity index (χ1) is 17.9. The van der Waals surface area contributed by atoms with Gasteiger partial charge in [-0.05, 0) is 49.3 Å². The van der Waals surface area contributed by atoms with E-state index in [2.05, 4.69) is 0 Å². The highest BCUT2D eigenvalue weighted by Gasteiger charge is 2.42. The molecule has 3 aliphatic rings. The third kappa shape index (κ3) is 5.53. The van der Waals surface area contributed by atoms with Crippen molar-refractivity contribution in [3.05, 3.63) is 52.2 Å². The van der Waals surface area contributed by atoms with Crippen LogP contribution in [0.1, 0.15) is 51.1 Å². The number of hydrogen-bond acceptors (Lipinski definition) is 9. The molecule has 2 atom stereocenters. The van der Waals surface area contributed by atoms with E-state index in [0.29, 0.717) is 48.3 Å². The number of amides is 1. The Kier molecular flexibility index (Phi) is 8.58. The van der Waals surface area contributed by atoms with Gasteiger partial charge in [0.15, 0.2) is 5.17 Å². The number of esters is 2. The second-order valence-electron chi connectivity index (χ2n) is 8.98. The molecule has 0 radical (unpaired) electrons. The summed E-state index contributed by atoms with van der Waals surface area (Å²) in [5, 5.41) is 2.63. The Morgan fingerprint density at radius 2 is 2.00 bits per heavy atom. The molecule has 0 bridgehead atoms. The van der Waals surface area contributed by atoms with Crippen molar-refractivity contribution in [2.24, 2.45) is 10.9 Å². The molecule has 3 heterocycles. The van der Waals surface area contributed by atoms with Crippen LogP contribution in [0.2, 0.25) is 0 Å². The van der Waals surface area contributed by atoms with Crippen molar-refractivity contribution < 1.29 is 28.6 Å². The predicted octanol–water partition coefficient (Wildman–Crippen LogP) is 4.03. The van der Waals surface area contributed by atoms with Crippen LogP contribution in [-0.2, 0) is 23.9 Å². The highest BCUT2D eigenvalue weighted by Crippen LogP contribution is 2.46. The number of likely N-dealkylation sites (tertiary alicyclic amines) is 1. The molecule has 1 aromatic carbocycles. The first-order valence-electron chi connectivity index (χ1n) is 12.5. The lowest BCUT2D eigenvalue weighted by molar-refractivity contribution is -0.151. The van der Waals surface area contributed by atoms with Gasteiger partial charge in [0.1, 0.15) is 5.75 Å². The van der Waals surface area contributed by atoms with Gasteiger partial charge >= 0.3 is 11.9 Å². The van der Waals surface area contributed by atoms with Gasteiger partial charge in [-0.3, -0.25) is 9.59 Å². The van der Waals surface area contributed by atoms with Crippen LogP contribution in [0.25, 0.3) is 0 Å². The van der Waals surface area contributed by atoms with Crippen molar-refractivity contribution in [2.75, 3.05) is 33.9 Å². The maximum Gasteiger partial charge on any atom is 0.338 e. The number of ether oxygens (including phenoxy) is 3. The van der Waals surface area contributed by atoms with Crippen molar-refractivity contribution in [3.8, 4) is 5.75 Å². The summed E-state index contributed by atoms with van der Waals surface area (Å²) in [4.78, 5) is 47.2. The van der Waals surface area contributed by atoms with Crippen LogP contribution in [-0.4, -0.2) is 66.7 Å². The van der Waals surface area contributed by atoms with Crippen LogP contribution >= 0.6 is 11.8 Å². The van der Waals surface area contributed by atoms with Crippen LogP contribution in [0.15, 0.2) is 51.6 Å². The van der Waals surface area contributed by atoms with E-state index in [1.165, 1.54) is 18.9 Å². The molecule has 198 valence electrons. The van der Waals surface area contributed by atoms with Crippen LogP contribution in [0.5, 0.6) is 5.75 Å². The summed E-state index contributed by atoms with van der Waals surface area (Å²) in [6, 6.07) is 7.03. The highest BCUT2D eigenvalue weighted by atomic mass is 32.2. The van der Waals surface area contributed by atoms with Crippen molar-refractivity contribution in [1.29, 1.82) is 0 Å². The van der Waals surface area contributed by atoms with E-state index in [-0.39, 0.29) is 24.2 Å². The summed E-state index contributed by atoms with van der Waals surface area (Å²) in [5.74, 6) is -0.420. The second-order valence-corrected chi connectivity index (χ2v) is 9.82. The summed E-state index contributed by atoms with van der Waals surface area (Å²) in [6.07, 6.45) is 2.15. The molecular weight excluding hydrogens is 494 g/mol. The first kappa shape index (κ1) is 26.8. The molecule has 0 N–H and O–H groups in total. The number of carbonyl (C=O) groups is 3. The number of benzene rings is 1. The highest BCUT2D eigenvalue weighted by molar-refractivity contribution is 8.16. The molecule has 4 rings (SSSR count). The van der Waals surface area contributed by atoms with Crippen LogP contribution < -0.4 is 4.74 Å². The number of amidine groups is 1. The van der Waals surface area contributed by atoms with Gasteiger partial charge in [0.25, 0.3) is 0 Å². The number of allylic oxidation sites excluding steroid dienone is 1. The molecule has 0 saturated carbocycles. The third-order valence-corrected chi connectivity index (χ3v) is 7.65. The molecule has 2 unspecified atom stereocenters. The largest absolute Gasteiger partial charge is 0.497 e. The number of nitrogens with zero attached hydrogens (tertiary/aromatic N) is 3. The molecule has 1 amide bonds. The fourth-order valence-electron chi connectivity index (χ4n) is 4.96. The minimum atomic E-state index is -0.521. The Bertz CT molecular complexity index is 1160. The van der Waals surface area contributed by atoms with Crippen LogP contribution in [0.3, 0.4) is 0 Å². The maximum atomic E-state index is 13.4. The first-order valence-corrected chi connectivity index (χ1v) is 13.4.